The first kappa shape index (κ1) is 18.5. The highest BCUT2D eigenvalue weighted by molar-refractivity contribution is 6.22. The van der Waals surface area contributed by atoms with Gasteiger partial charge in [0.05, 0.1) is 42.5 Å². The van der Waals surface area contributed by atoms with Gasteiger partial charge in [0, 0.05) is 13.1 Å². The van der Waals surface area contributed by atoms with Crippen LogP contribution in [-0.4, -0.2) is 60.6 Å². The van der Waals surface area contributed by atoms with Gasteiger partial charge in [-0.05, 0) is 45.0 Å². The second-order valence-corrected chi connectivity index (χ2v) is 6.77. The molecule has 0 aromatic heterocycles. The fourth-order valence-corrected chi connectivity index (χ4v) is 3.61. The van der Waals surface area contributed by atoms with Crippen LogP contribution in [0.2, 0.25) is 0 Å². The number of hydrogen-bond donors (Lipinski definition) is 0. The Bertz CT molecular complexity index is 692. The molecule has 2 aliphatic heterocycles. The van der Waals surface area contributed by atoms with Crippen molar-refractivity contribution in [2.24, 2.45) is 0 Å². The molecule has 2 amide bonds. The smallest absolute Gasteiger partial charge is 0.338 e. The Balaban J connectivity index is 1.76. The highest BCUT2D eigenvalue weighted by Crippen LogP contribution is 2.28. The normalized spacial score (nSPS) is 27.0. The zero-order valence-electron chi connectivity index (χ0n) is 15.3. The number of benzene rings is 1. The molecule has 7 heteroatoms. The van der Waals surface area contributed by atoms with Crippen molar-refractivity contribution >= 4 is 23.5 Å². The van der Waals surface area contributed by atoms with Gasteiger partial charge in [-0.15, -0.1) is 0 Å². The Hall–Kier alpha value is -2.25. The lowest BCUT2D eigenvalue weighted by Gasteiger charge is -2.37. The van der Waals surface area contributed by atoms with Crippen LogP contribution in [0.3, 0.4) is 0 Å². The summed E-state index contributed by atoms with van der Waals surface area (Å²) in [6.45, 7) is 7.22. The Morgan fingerprint density at radius 1 is 1.15 bits per heavy atom. The highest BCUT2D eigenvalue weighted by atomic mass is 16.5. The molecule has 1 aromatic carbocycles. The van der Waals surface area contributed by atoms with Crippen LogP contribution in [0.15, 0.2) is 24.3 Å². The van der Waals surface area contributed by atoms with Crippen molar-refractivity contribution < 1.29 is 23.9 Å². The topological polar surface area (TPSA) is 76.2 Å². The second kappa shape index (κ2) is 7.55. The summed E-state index contributed by atoms with van der Waals surface area (Å²) in [6, 6.07) is 5.89. The number of anilines is 1. The van der Waals surface area contributed by atoms with E-state index in [1.54, 1.807) is 31.2 Å². The Morgan fingerprint density at radius 2 is 1.77 bits per heavy atom. The molecule has 3 rings (SSSR count). The summed E-state index contributed by atoms with van der Waals surface area (Å²) < 4.78 is 10.7. The quantitative estimate of drug-likeness (QED) is 0.600. The molecule has 0 N–H and O–H groups in total. The number of morpholine rings is 1. The zero-order chi connectivity index (χ0) is 18.8. The molecule has 0 aliphatic carbocycles. The Kier molecular flexibility index (Phi) is 5.38. The van der Waals surface area contributed by atoms with Crippen LogP contribution >= 0.6 is 0 Å². The minimum Gasteiger partial charge on any atom is -0.462 e. The summed E-state index contributed by atoms with van der Waals surface area (Å²) in [5.74, 6) is -0.872. The number of imide groups is 1. The number of nitrogens with zero attached hydrogens (tertiary/aromatic N) is 2. The third-order valence-corrected chi connectivity index (χ3v) is 4.65. The van der Waals surface area contributed by atoms with E-state index < -0.39 is 12.0 Å². The number of esters is 1. The number of carbonyl (C=O) groups is 3. The molecule has 26 heavy (non-hydrogen) atoms. The van der Waals surface area contributed by atoms with Gasteiger partial charge in [0.2, 0.25) is 5.91 Å². The van der Waals surface area contributed by atoms with Crippen LogP contribution in [-0.2, 0) is 19.1 Å². The van der Waals surface area contributed by atoms with Crippen LogP contribution in [0.5, 0.6) is 0 Å². The Labute approximate surface area is 152 Å². The van der Waals surface area contributed by atoms with Gasteiger partial charge < -0.3 is 9.47 Å². The first-order chi connectivity index (χ1) is 12.4. The molecule has 3 atom stereocenters. The molecule has 0 radical (unpaired) electrons. The molecule has 2 aliphatic rings. The summed E-state index contributed by atoms with van der Waals surface area (Å²) in [5.41, 5.74) is 0.868. The van der Waals surface area contributed by atoms with Gasteiger partial charge in [0.25, 0.3) is 5.91 Å². The maximum absolute atomic E-state index is 12.9. The maximum Gasteiger partial charge on any atom is 0.338 e. The average Bonchev–Trinajstić information content (AvgIpc) is 2.89. The second-order valence-electron chi connectivity index (χ2n) is 6.77. The number of amides is 2. The van der Waals surface area contributed by atoms with Crippen molar-refractivity contribution in [3.05, 3.63) is 29.8 Å². The van der Waals surface area contributed by atoms with E-state index in [1.807, 2.05) is 18.7 Å². The molecular formula is C19H24N2O5. The fraction of sp³-hybridized carbons (Fsp3) is 0.526. The highest BCUT2D eigenvalue weighted by Gasteiger charge is 2.44. The van der Waals surface area contributed by atoms with Crippen molar-refractivity contribution in [3.8, 4) is 0 Å². The van der Waals surface area contributed by atoms with Crippen LogP contribution in [0.4, 0.5) is 5.69 Å². The lowest BCUT2D eigenvalue weighted by Crippen LogP contribution is -2.52. The first-order valence-electron chi connectivity index (χ1n) is 8.94. The Morgan fingerprint density at radius 3 is 2.35 bits per heavy atom. The minimum atomic E-state index is -0.457. The summed E-state index contributed by atoms with van der Waals surface area (Å²) in [7, 11) is 0. The molecule has 2 heterocycles. The molecular weight excluding hydrogens is 336 g/mol. The predicted octanol–water partition coefficient (Wildman–Crippen LogP) is 1.60. The van der Waals surface area contributed by atoms with Crippen molar-refractivity contribution in [2.45, 2.75) is 45.4 Å². The van der Waals surface area contributed by atoms with Gasteiger partial charge in [-0.3, -0.25) is 14.5 Å². The molecule has 0 unspecified atom stereocenters. The molecule has 140 valence electrons. The number of rotatable bonds is 4. The standard InChI is InChI=1S/C19H24N2O5/c1-4-25-19(24)14-5-7-15(8-6-14)21-17(22)9-16(18(21)23)20-10-12(2)26-13(3)11-20/h5-8,12-13,16H,4,9-11H2,1-3H3/t12-,13+,16-/m1/s1. The van der Waals surface area contributed by atoms with Gasteiger partial charge in [0.15, 0.2) is 0 Å². The number of ether oxygens (including phenoxy) is 2. The molecule has 1 aromatic rings. The average molecular weight is 360 g/mol. The zero-order valence-corrected chi connectivity index (χ0v) is 15.3. The van der Waals surface area contributed by atoms with E-state index in [9.17, 15) is 14.4 Å². The van der Waals surface area contributed by atoms with Crippen LogP contribution in [0, 0.1) is 0 Å². The first-order valence-corrected chi connectivity index (χ1v) is 8.94. The SMILES string of the molecule is CCOC(=O)c1ccc(N2C(=O)C[C@@H](N3C[C@@H](C)O[C@@H](C)C3)C2=O)cc1. The molecule has 2 fully saturated rings. The van der Waals surface area contributed by atoms with E-state index in [2.05, 4.69) is 0 Å². The van der Waals surface area contributed by atoms with E-state index >= 15 is 0 Å². The van der Waals surface area contributed by atoms with Crippen LogP contribution in [0.1, 0.15) is 37.6 Å². The lowest BCUT2D eigenvalue weighted by molar-refractivity contribution is -0.127. The third-order valence-electron chi connectivity index (χ3n) is 4.65. The van der Waals surface area contributed by atoms with Gasteiger partial charge in [-0.2, -0.15) is 0 Å². The van der Waals surface area contributed by atoms with E-state index in [4.69, 9.17) is 9.47 Å². The summed E-state index contributed by atoms with van der Waals surface area (Å²) >= 11 is 0. The monoisotopic (exact) mass is 360 g/mol. The van der Waals surface area contributed by atoms with Gasteiger partial charge in [-0.1, -0.05) is 0 Å². The van der Waals surface area contributed by atoms with Crippen molar-refractivity contribution in [1.82, 2.24) is 4.90 Å². The molecule has 7 nitrogen and oxygen atoms in total. The van der Waals surface area contributed by atoms with Crippen molar-refractivity contribution in [1.29, 1.82) is 0 Å². The van der Waals surface area contributed by atoms with Crippen LogP contribution < -0.4 is 4.90 Å². The molecule has 0 spiro atoms. The molecule has 2 saturated heterocycles. The lowest BCUT2D eigenvalue weighted by atomic mass is 10.1. The number of hydrogen-bond acceptors (Lipinski definition) is 6. The largest absolute Gasteiger partial charge is 0.462 e. The van der Waals surface area contributed by atoms with Gasteiger partial charge in [-0.25, -0.2) is 9.69 Å². The summed E-state index contributed by atoms with van der Waals surface area (Å²) in [5, 5.41) is 0. The van der Waals surface area contributed by atoms with Gasteiger partial charge >= 0.3 is 5.97 Å². The maximum atomic E-state index is 12.9. The van der Waals surface area contributed by atoms with Crippen molar-refractivity contribution in [2.75, 3.05) is 24.6 Å². The van der Waals surface area contributed by atoms with Crippen LogP contribution in [0.25, 0.3) is 0 Å². The molecule has 0 saturated carbocycles. The molecule has 0 bridgehead atoms. The van der Waals surface area contributed by atoms with E-state index in [0.29, 0.717) is 30.9 Å². The van der Waals surface area contributed by atoms with E-state index in [-0.39, 0.29) is 30.4 Å². The minimum absolute atomic E-state index is 0.0274. The summed E-state index contributed by atoms with van der Waals surface area (Å²) in [4.78, 5) is 40.3. The number of carbonyl (C=O) groups excluding carboxylic acids is 3. The van der Waals surface area contributed by atoms with E-state index in [1.165, 1.54) is 4.90 Å². The predicted molar refractivity (Wildman–Crippen MR) is 94.9 cm³/mol. The third kappa shape index (κ3) is 3.64. The van der Waals surface area contributed by atoms with Gasteiger partial charge in [0.1, 0.15) is 0 Å². The summed E-state index contributed by atoms with van der Waals surface area (Å²) in [6.07, 6.45) is 0.219. The van der Waals surface area contributed by atoms with Crippen molar-refractivity contribution in [3.63, 3.8) is 0 Å². The van der Waals surface area contributed by atoms with E-state index in [0.717, 1.165) is 0 Å². The fourth-order valence-electron chi connectivity index (χ4n) is 3.61.